The summed E-state index contributed by atoms with van der Waals surface area (Å²) in [6, 6.07) is 7.12. The molecular formula is C25H36N8O2. The van der Waals surface area contributed by atoms with Crippen molar-refractivity contribution in [3.05, 3.63) is 40.6 Å². The van der Waals surface area contributed by atoms with Crippen molar-refractivity contribution in [3.63, 3.8) is 0 Å². The summed E-state index contributed by atoms with van der Waals surface area (Å²) in [5.41, 5.74) is 1.15. The standard InChI is InChI=1S/C25H36N8O2/c1-17(2)32-21-9-5-6-10-22(21)33(25(32)35)24(34)26-15-18-11-13-31(14-12-18)16-20(19-7-3-4-8-19)23-27-29-30-28-23/h5-6,9-10,17-20H,3-4,7-8,11-16H2,1-2H3,(H,26,34)(H,27,28,29,30). The number of nitrogens with zero attached hydrogens (tertiary/aromatic N) is 6. The number of carbonyl (C=O) groups is 1. The summed E-state index contributed by atoms with van der Waals surface area (Å²) < 4.78 is 2.96. The number of para-hydroxylation sites is 2. The molecule has 1 saturated heterocycles. The van der Waals surface area contributed by atoms with Gasteiger partial charge in [-0.2, -0.15) is 0 Å². The topological polar surface area (TPSA) is 114 Å². The van der Waals surface area contributed by atoms with Gasteiger partial charge in [-0.05, 0) is 87.0 Å². The van der Waals surface area contributed by atoms with Crippen molar-refractivity contribution in [3.8, 4) is 0 Å². The van der Waals surface area contributed by atoms with Crippen molar-refractivity contribution in [2.45, 2.75) is 64.3 Å². The predicted molar refractivity (Wildman–Crippen MR) is 133 cm³/mol. The summed E-state index contributed by atoms with van der Waals surface area (Å²) in [6.45, 7) is 7.47. The number of amides is 1. The van der Waals surface area contributed by atoms with E-state index < -0.39 is 0 Å². The third-order valence-corrected chi connectivity index (χ3v) is 7.88. The number of fused-ring (bicyclic) bond motifs is 1. The van der Waals surface area contributed by atoms with Gasteiger partial charge in [0.25, 0.3) is 0 Å². The molecular weight excluding hydrogens is 444 g/mol. The molecule has 1 unspecified atom stereocenters. The van der Waals surface area contributed by atoms with Crippen LogP contribution in [0.3, 0.4) is 0 Å². The van der Waals surface area contributed by atoms with Gasteiger partial charge in [0.15, 0.2) is 5.82 Å². The molecule has 1 saturated carbocycles. The maximum atomic E-state index is 13.1. The Morgan fingerprint density at radius 2 is 1.83 bits per heavy atom. The molecule has 188 valence electrons. The summed E-state index contributed by atoms with van der Waals surface area (Å²) in [7, 11) is 0. The van der Waals surface area contributed by atoms with Crippen LogP contribution in [-0.2, 0) is 0 Å². The predicted octanol–water partition coefficient (Wildman–Crippen LogP) is 3.14. The second-order valence-electron chi connectivity index (χ2n) is 10.4. The molecule has 10 heteroatoms. The molecule has 2 aliphatic rings. The Labute approximate surface area is 205 Å². The Kier molecular flexibility index (Phi) is 6.99. The normalized spacial score (nSPS) is 19.1. The van der Waals surface area contributed by atoms with E-state index in [1.807, 2.05) is 38.1 Å². The SMILES string of the molecule is CC(C)n1c(=O)n(C(=O)NCC2CCN(CC(c3nnn[nH]3)C3CCCC3)CC2)c2ccccc21. The number of imidazole rings is 1. The summed E-state index contributed by atoms with van der Waals surface area (Å²) in [6.07, 6.45) is 7.14. The van der Waals surface area contributed by atoms with Crippen LogP contribution < -0.4 is 11.0 Å². The second-order valence-corrected chi connectivity index (χ2v) is 10.4. The van der Waals surface area contributed by atoms with Crippen molar-refractivity contribution in [2.75, 3.05) is 26.2 Å². The first-order valence-electron chi connectivity index (χ1n) is 13.0. The van der Waals surface area contributed by atoms with Gasteiger partial charge in [0.1, 0.15) is 0 Å². The molecule has 35 heavy (non-hydrogen) atoms. The van der Waals surface area contributed by atoms with Gasteiger partial charge >= 0.3 is 11.7 Å². The lowest BCUT2D eigenvalue weighted by molar-refractivity contribution is 0.158. The lowest BCUT2D eigenvalue weighted by Crippen LogP contribution is -2.43. The highest BCUT2D eigenvalue weighted by molar-refractivity contribution is 5.89. The lowest BCUT2D eigenvalue weighted by Gasteiger charge is -2.35. The van der Waals surface area contributed by atoms with Crippen LogP contribution in [0.4, 0.5) is 4.79 Å². The molecule has 5 rings (SSSR count). The van der Waals surface area contributed by atoms with E-state index in [1.54, 1.807) is 4.57 Å². The number of H-pyrrole nitrogens is 1. The lowest BCUT2D eigenvalue weighted by atomic mass is 9.88. The fraction of sp³-hybridized carbons (Fsp3) is 0.640. The number of benzene rings is 1. The summed E-state index contributed by atoms with van der Waals surface area (Å²) in [5.74, 6) is 2.32. The van der Waals surface area contributed by atoms with E-state index in [2.05, 4.69) is 30.8 Å². The quantitative estimate of drug-likeness (QED) is 0.537. The molecule has 3 aromatic rings. The Balaban J connectivity index is 1.18. The first kappa shape index (κ1) is 23.7. The first-order valence-corrected chi connectivity index (χ1v) is 13.0. The van der Waals surface area contributed by atoms with E-state index in [4.69, 9.17) is 0 Å². The number of piperidine rings is 1. The highest BCUT2D eigenvalue weighted by Crippen LogP contribution is 2.37. The fourth-order valence-electron chi connectivity index (χ4n) is 5.97. The van der Waals surface area contributed by atoms with E-state index in [0.29, 0.717) is 29.8 Å². The van der Waals surface area contributed by atoms with Crippen LogP contribution >= 0.6 is 0 Å². The first-order chi connectivity index (χ1) is 17.0. The van der Waals surface area contributed by atoms with E-state index in [9.17, 15) is 9.59 Å². The minimum absolute atomic E-state index is 0.0217. The molecule has 1 aliphatic heterocycles. The van der Waals surface area contributed by atoms with Crippen LogP contribution in [0.5, 0.6) is 0 Å². The average Bonchev–Trinajstić information content (AvgIpc) is 3.62. The molecule has 2 aromatic heterocycles. The number of carbonyl (C=O) groups excluding carboxylic acids is 1. The molecule has 2 fully saturated rings. The van der Waals surface area contributed by atoms with Crippen LogP contribution in [0, 0.1) is 11.8 Å². The van der Waals surface area contributed by atoms with Crippen molar-refractivity contribution in [1.29, 1.82) is 0 Å². The number of nitrogens with one attached hydrogen (secondary N) is 2. The van der Waals surface area contributed by atoms with Gasteiger partial charge < -0.3 is 10.2 Å². The van der Waals surface area contributed by atoms with Gasteiger partial charge in [-0.3, -0.25) is 4.57 Å². The highest BCUT2D eigenvalue weighted by atomic mass is 16.2. The van der Waals surface area contributed by atoms with Crippen molar-refractivity contribution in [2.24, 2.45) is 11.8 Å². The number of aromatic amines is 1. The maximum absolute atomic E-state index is 13.1. The zero-order chi connectivity index (χ0) is 24.4. The molecule has 1 amide bonds. The third kappa shape index (κ3) is 4.89. The number of likely N-dealkylation sites (tertiary alicyclic amines) is 1. The summed E-state index contributed by atoms with van der Waals surface area (Å²) in [4.78, 5) is 28.6. The average molecular weight is 481 g/mol. The Morgan fingerprint density at radius 1 is 1.11 bits per heavy atom. The summed E-state index contributed by atoms with van der Waals surface area (Å²) in [5, 5.41) is 17.9. The molecule has 1 aromatic carbocycles. The van der Waals surface area contributed by atoms with Crippen LogP contribution in [0.1, 0.15) is 70.2 Å². The number of hydrogen-bond acceptors (Lipinski definition) is 6. The van der Waals surface area contributed by atoms with Crippen molar-refractivity contribution < 1.29 is 4.79 Å². The number of aromatic nitrogens is 6. The van der Waals surface area contributed by atoms with Crippen LogP contribution in [0.15, 0.2) is 29.1 Å². The minimum atomic E-state index is -0.341. The van der Waals surface area contributed by atoms with Crippen LogP contribution in [-0.4, -0.2) is 66.9 Å². The van der Waals surface area contributed by atoms with Crippen LogP contribution in [0.2, 0.25) is 0 Å². The van der Waals surface area contributed by atoms with Gasteiger partial charge in [-0.1, -0.05) is 25.0 Å². The van der Waals surface area contributed by atoms with Gasteiger partial charge in [0, 0.05) is 25.0 Å². The largest absolute Gasteiger partial charge is 0.337 e. The van der Waals surface area contributed by atoms with Gasteiger partial charge in [0.2, 0.25) is 0 Å². The monoisotopic (exact) mass is 480 g/mol. The zero-order valence-electron chi connectivity index (χ0n) is 20.7. The van der Waals surface area contributed by atoms with Gasteiger partial charge in [0.05, 0.1) is 11.0 Å². The fourth-order valence-corrected chi connectivity index (χ4v) is 5.97. The Bertz CT molecular complexity index is 1180. The van der Waals surface area contributed by atoms with Gasteiger partial charge in [-0.15, -0.1) is 5.10 Å². The summed E-state index contributed by atoms with van der Waals surface area (Å²) >= 11 is 0. The zero-order valence-corrected chi connectivity index (χ0v) is 20.7. The second kappa shape index (κ2) is 10.3. The van der Waals surface area contributed by atoms with Crippen LogP contribution in [0.25, 0.3) is 11.0 Å². The molecule has 2 N–H and O–H groups in total. The maximum Gasteiger partial charge on any atom is 0.337 e. The highest BCUT2D eigenvalue weighted by Gasteiger charge is 2.32. The smallest absolute Gasteiger partial charge is 0.337 e. The number of tetrazole rings is 1. The van der Waals surface area contributed by atoms with E-state index in [-0.39, 0.29) is 17.8 Å². The Morgan fingerprint density at radius 3 is 2.49 bits per heavy atom. The minimum Gasteiger partial charge on any atom is -0.337 e. The molecule has 1 aliphatic carbocycles. The number of hydrogen-bond donors (Lipinski definition) is 2. The molecule has 0 radical (unpaired) electrons. The number of rotatable bonds is 7. The molecule has 0 bridgehead atoms. The Hall–Kier alpha value is -3.01. The molecule has 10 nitrogen and oxygen atoms in total. The van der Waals surface area contributed by atoms with Gasteiger partial charge in [-0.25, -0.2) is 19.3 Å². The third-order valence-electron chi connectivity index (χ3n) is 7.88. The molecule has 3 heterocycles. The molecule has 0 spiro atoms. The van der Waals surface area contributed by atoms with Crippen molar-refractivity contribution >= 4 is 17.1 Å². The van der Waals surface area contributed by atoms with E-state index in [1.165, 1.54) is 30.3 Å². The molecule has 1 atom stereocenters. The van der Waals surface area contributed by atoms with E-state index in [0.717, 1.165) is 43.8 Å². The van der Waals surface area contributed by atoms with E-state index >= 15 is 0 Å². The van der Waals surface area contributed by atoms with Crippen molar-refractivity contribution in [1.82, 2.24) is 40.0 Å².